The first-order valence-corrected chi connectivity index (χ1v) is 9.04. The molecule has 0 radical (unpaired) electrons. The highest BCUT2D eigenvalue weighted by Gasteiger charge is 2.15. The largest absolute Gasteiger partial charge is 0.367 e. The second kappa shape index (κ2) is 8.58. The van der Waals surface area contributed by atoms with Gasteiger partial charge in [-0.25, -0.2) is 5.48 Å². The molecule has 2 aromatic carbocycles. The van der Waals surface area contributed by atoms with Crippen molar-refractivity contribution >= 4 is 39.6 Å². The summed E-state index contributed by atoms with van der Waals surface area (Å²) in [5.41, 5.74) is 8.36. The van der Waals surface area contributed by atoms with Crippen LogP contribution in [-0.2, 0) is 14.4 Å². The minimum absolute atomic E-state index is 0.0171. The predicted octanol–water partition coefficient (Wildman–Crippen LogP) is 2.12. The van der Waals surface area contributed by atoms with Gasteiger partial charge < -0.3 is 5.73 Å². The molecule has 0 aliphatic carbocycles. The van der Waals surface area contributed by atoms with Crippen molar-refractivity contribution in [1.29, 1.82) is 0 Å². The first kappa shape index (κ1) is 20.3. The summed E-state index contributed by atoms with van der Waals surface area (Å²) in [7, 11) is -4.08. The van der Waals surface area contributed by atoms with Crippen LogP contribution in [0.5, 0.6) is 0 Å². The van der Waals surface area contributed by atoms with Gasteiger partial charge in [-0.15, -0.1) is 9.39 Å². The standard InChI is InChI=1S/C15H14ClN5O5S/c1-10-2-5-12(6-3-10)27(24,25)26-20-15(17)19-18-9-11-4-7-13(16)14(8-11)21(22)23/h2-9H,1H3,(H3,17,19,20). The van der Waals surface area contributed by atoms with Crippen LogP contribution in [0.15, 0.2) is 57.6 Å². The molecule has 0 aliphatic heterocycles. The number of nitro benzene ring substituents is 1. The zero-order valence-corrected chi connectivity index (χ0v) is 15.4. The summed E-state index contributed by atoms with van der Waals surface area (Å²) in [6.45, 7) is 1.81. The topological polar surface area (TPSA) is 149 Å². The van der Waals surface area contributed by atoms with Gasteiger partial charge in [0.2, 0.25) is 5.96 Å². The van der Waals surface area contributed by atoms with Crippen molar-refractivity contribution in [2.45, 2.75) is 11.8 Å². The van der Waals surface area contributed by atoms with Gasteiger partial charge in [-0.05, 0) is 25.1 Å². The summed E-state index contributed by atoms with van der Waals surface area (Å²) in [5.74, 6) is -0.439. The van der Waals surface area contributed by atoms with E-state index in [1.54, 1.807) is 12.1 Å². The Bertz CT molecular complexity index is 1010. The van der Waals surface area contributed by atoms with Gasteiger partial charge >= 0.3 is 10.1 Å². The lowest BCUT2D eigenvalue weighted by Gasteiger charge is -2.06. The number of aryl methyl sites for hydroxylation is 1. The fourth-order valence-corrected chi connectivity index (χ4v) is 2.73. The van der Waals surface area contributed by atoms with Gasteiger partial charge in [0.05, 0.1) is 16.0 Å². The fraction of sp³-hybridized carbons (Fsp3) is 0.0667. The van der Waals surface area contributed by atoms with Crippen LogP contribution in [0.3, 0.4) is 0 Å². The third-order valence-corrected chi connectivity index (χ3v) is 4.58. The quantitative estimate of drug-likeness (QED) is 0.320. The van der Waals surface area contributed by atoms with E-state index in [9.17, 15) is 18.5 Å². The van der Waals surface area contributed by atoms with E-state index >= 15 is 0 Å². The van der Waals surface area contributed by atoms with Gasteiger partial charge in [0, 0.05) is 11.6 Å². The second-order valence-electron chi connectivity index (χ2n) is 5.15. The van der Waals surface area contributed by atoms with Crippen molar-refractivity contribution in [3.05, 3.63) is 68.7 Å². The first-order valence-electron chi connectivity index (χ1n) is 7.25. The van der Waals surface area contributed by atoms with E-state index < -0.39 is 21.0 Å². The lowest BCUT2D eigenvalue weighted by Crippen LogP contribution is -2.33. The average molecular weight is 412 g/mol. The molecule has 0 aromatic heterocycles. The summed E-state index contributed by atoms with van der Waals surface area (Å²) >= 11 is 5.70. The summed E-state index contributed by atoms with van der Waals surface area (Å²) in [4.78, 5) is 10.1. The monoisotopic (exact) mass is 411 g/mol. The minimum Gasteiger partial charge on any atom is -0.367 e. The van der Waals surface area contributed by atoms with Crippen LogP contribution in [0.25, 0.3) is 0 Å². The zero-order chi connectivity index (χ0) is 20.0. The van der Waals surface area contributed by atoms with E-state index in [1.165, 1.54) is 36.5 Å². The minimum atomic E-state index is -4.08. The third-order valence-electron chi connectivity index (χ3n) is 3.10. The predicted molar refractivity (Wildman–Crippen MR) is 99.9 cm³/mol. The number of guanidine groups is 1. The lowest BCUT2D eigenvalue weighted by atomic mass is 10.2. The Morgan fingerprint density at radius 2 is 1.96 bits per heavy atom. The van der Waals surface area contributed by atoms with Crippen molar-refractivity contribution in [2.24, 2.45) is 15.9 Å². The van der Waals surface area contributed by atoms with Gasteiger partial charge in [-0.1, -0.05) is 35.4 Å². The Kier molecular flexibility index (Phi) is 6.45. The molecule has 0 aliphatic rings. The van der Waals surface area contributed by atoms with Crippen molar-refractivity contribution in [2.75, 3.05) is 0 Å². The fourth-order valence-electron chi connectivity index (χ4n) is 1.78. The molecule has 2 aromatic rings. The number of hydroxylamine groups is 1. The number of nitro groups is 1. The Balaban J connectivity index is 2.02. The van der Waals surface area contributed by atoms with Crippen LogP contribution in [0.2, 0.25) is 5.02 Å². The molecule has 0 fully saturated rings. The summed E-state index contributed by atoms with van der Waals surface area (Å²) < 4.78 is 28.5. The molecule has 142 valence electrons. The Morgan fingerprint density at radius 3 is 2.59 bits per heavy atom. The van der Waals surface area contributed by atoms with E-state index in [2.05, 4.69) is 14.5 Å². The molecular weight excluding hydrogens is 398 g/mol. The van der Waals surface area contributed by atoms with Gasteiger partial charge in [-0.2, -0.15) is 13.5 Å². The number of hydrogen-bond donors (Lipinski definition) is 2. The van der Waals surface area contributed by atoms with Gasteiger partial charge in [0.15, 0.2) is 0 Å². The van der Waals surface area contributed by atoms with Crippen molar-refractivity contribution in [1.82, 2.24) is 5.48 Å². The molecule has 0 amide bonds. The van der Waals surface area contributed by atoms with Crippen molar-refractivity contribution in [3.63, 3.8) is 0 Å². The zero-order valence-electron chi connectivity index (χ0n) is 13.9. The molecule has 12 heteroatoms. The summed E-state index contributed by atoms with van der Waals surface area (Å²) in [5, 5.41) is 17.9. The molecule has 2 rings (SSSR count). The second-order valence-corrected chi connectivity index (χ2v) is 7.10. The molecule has 10 nitrogen and oxygen atoms in total. The Hall–Kier alpha value is -3.02. The van der Waals surface area contributed by atoms with Crippen molar-refractivity contribution < 1.29 is 17.6 Å². The molecule has 27 heavy (non-hydrogen) atoms. The number of hydrogen-bond acceptors (Lipinski definition) is 7. The van der Waals surface area contributed by atoms with E-state index in [4.69, 9.17) is 17.3 Å². The molecule has 0 saturated carbocycles. The number of rotatable bonds is 6. The molecule has 0 bridgehead atoms. The van der Waals surface area contributed by atoms with Gasteiger partial charge in [0.25, 0.3) is 5.69 Å². The van der Waals surface area contributed by atoms with E-state index in [-0.39, 0.29) is 15.6 Å². The molecular formula is C15H14ClN5O5S. The number of nitrogens with zero attached hydrogens (tertiary/aromatic N) is 3. The maximum atomic E-state index is 12.0. The highest BCUT2D eigenvalue weighted by atomic mass is 35.5. The van der Waals surface area contributed by atoms with Crippen LogP contribution in [0.4, 0.5) is 5.69 Å². The third kappa shape index (κ3) is 5.74. The molecule has 3 N–H and O–H groups in total. The van der Waals surface area contributed by atoms with Crippen LogP contribution >= 0.6 is 11.6 Å². The maximum Gasteiger partial charge on any atom is 0.317 e. The number of nitrogens with one attached hydrogen (secondary N) is 1. The molecule has 0 spiro atoms. The highest BCUT2D eigenvalue weighted by molar-refractivity contribution is 7.86. The Morgan fingerprint density at radius 1 is 1.30 bits per heavy atom. The van der Waals surface area contributed by atoms with Gasteiger partial charge in [0.1, 0.15) is 5.02 Å². The number of halogens is 1. The summed E-state index contributed by atoms with van der Waals surface area (Å²) in [6, 6.07) is 10.0. The smallest absolute Gasteiger partial charge is 0.317 e. The maximum absolute atomic E-state index is 12.0. The normalized spacial score (nSPS) is 12.3. The molecule has 0 heterocycles. The first-order chi connectivity index (χ1) is 12.7. The molecule has 0 saturated heterocycles. The van der Waals surface area contributed by atoms with Crippen molar-refractivity contribution in [3.8, 4) is 0 Å². The van der Waals surface area contributed by atoms with Crippen LogP contribution in [0.1, 0.15) is 11.1 Å². The molecule has 0 atom stereocenters. The number of benzene rings is 2. The Labute approximate surface area is 159 Å². The van der Waals surface area contributed by atoms with Crippen LogP contribution in [-0.4, -0.2) is 25.5 Å². The van der Waals surface area contributed by atoms with E-state index in [1.807, 2.05) is 12.4 Å². The van der Waals surface area contributed by atoms with E-state index in [0.29, 0.717) is 5.56 Å². The van der Waals surface area contributed by atoms with Crippen LogP contribution in [0, 0.1) is 17.0 Å². The van der Waals surface area contributed by atoms with Crippen LogP contribution < -0.4 is 11.2 Å². The SMILES string of the molecule is Cc1ccc(S(=O)(=O)ONC(N)=NN=Cc2ccc(Cl)c([N+](=O)[O-])c2)cc1. The van der Waals surface area contributed by atoms with E-state index in [0.717, 1.165) is 5.56 Å². The highest BCUT2D eigenvalue weighted by Crippen LogP contribution is 2.24. The molecule has 0 unspecified atom stereocenters. The average Bonchev–Trinajstić information content (AvgIpc) is 2.61. The lowest BCUT2D eigenvalue weighted by molar-refractivity contribution is -0.384. The van der Waals surface area contributed by atoms with Gasteiger partial charge in [-0.3, -0.25) is 10.1 Å². The number of nitrogens with two attached hydrogens (primary N) is 1. The summed E-state index contributed by atoms with van der Waals surface area (Å²) in [6.07, 6.45) is 1.17.